The van der Waals surface area contributed by atoms with Gasteiger partial charge in [-0.2, -0.15) is 0 Å². The van der Waals surface area contributed by atoms with Crippen molar-refractivity contribution in [3.05, 3.63) is 69.8 Å². The van der Waals surface area contributed by atoms with Crippen LogP contribution in [0.3, 0.4) is 0 Å². The highest BCUT2D eigenvalue weighted by Gasteiger charge is 2.25. The second kappa shape index (κ2) is 9.73. The second-order valence-electron chi connectivity index (χ2n) is 7.57. The van der Waals surface area contributed by atoms with Crippen molar-refractivity contribution >= 4 is 17.7 Å². The highest BCUT2D eigenvalue weighted by Crippen LogP contribution is 2.29. The van der Waals surface area contributed by atoms with Gasteiger partial charge in [0.1, 0.15) is 18.2 Å². The minimum absolute atomic E-state index is 0.0691. The number of nitro groups is 1. The van der Waals surface area contributed by atoms with Gasteiger partial charge in [0.05, 0.1) is 4.92 Å². The van der Waals surface area contributed by atoms with Gasteiger partial charge in [-0.25, -0.2) is 9.59 Å². The Morgan fingerprint density at radius 3 is 2.37 bits per heavy atom. The van der Waals surface area contributed by atoms with Crippen molar-refractivity contribution in [3.8, 4) is 5.75 Å². The molecule has 1 amide bonds. The van der Waals surface area contributed by atoms with Crippen LogP contribution in [0.1, 0.15) is 31.9 Å². The van der Waals surface area contributed by atoms with Crippen LogP contribution in [0.15, 0.2) is 48.5 Å². The standard InChI is InChI=1S/C21H24N2O7/c1-21(2,3)30-20(26)22-16(19(24)25)11-15-9-10-18(17(12-15)23(27)28)29-13-14-7-5-4-6-8-14/h4-10,12,16H,11,13H2,1-3H3,(H,22,26)(H,24,25)/t16-/m1/s1. The summed E-state index contributed by atoms with van der Waals surface area (Å²) in [7, 11) is 0. The Morgan fingerprint density at radius 1 is 1.13 bits per heavy atom. The van der Waals surface area contributed by atoms with E-state index in [-0.39, 0.29) is 24.5 Å². The molecule has 0 aliphatic carbocycles. The van der Waals surface area contributed by atoms with E-state index in [0.717, 1.165) is 5.56 Å². The fraction of sp³-hybridized carbons (Fsp3) is 0.333. The zero-order valence-corrected chi connectivity index (χ0v) is 17.0. The molecule has 1 atom stereocenters. The molecule has 2 N–H and O–H groups in total. The van der Waals surface area contributed by atoms with E-state index in [2.05, 4.69) is 5.32 Å². The average Bonchev–Trinajstić information content (AvgIpc) is 2.65. The van der Waals surface area contributed by atoms with Crippen LogP contribution in [0.25, 0.3) is 0 Å². The Balaban J connectivity index is 2.14. The SMILES string of the molecule is CC(C)(C)OC(=O)N[C@H](Cc1ccc(OCc2ccccc2)c([N+](=O)[O-])c1)C(=O)O. The van der Waals surface area contributed by atoms with Gasteiger partial charge in [0.2, 0.25) is 0 Å². The molecule has 0 saturated heterocycles. The molecule has 0 aliphatic rings. The molecule has 160 valence electrons. The van der Waals surface area contributed by atoms with E-state index in [1.165, 1.54) is 18.2 Å². The summed E-state index contributed by atoms with van der Waals surface area (Å²) in [6, 6.07) is 12.1. The molecule has 0 fully saturated rings. The molecular formula is C21H24N2O7. The van der Waals surface area contributed by atoms with E-state index < -0.39 is 28.6 Å². The van der Waals surface area contributed by atoms with Crippen molar-refractivity contribution < 1.29 is 29.1 Å². The van der Waals surface area contributed by atoms with Gasteiger partial charge in [-0.3, -0.25) is 10.1 Å². The Hall–Kier alpha value is -3.62. The summed E-state index contributed by atoms with van der Waals surface area (Å²) < 4.78 is 10.6. The van der Waals surface area contributed by atoms with Gasteiger partial charge in [0.25, 0.3) is 0 Å². The van der Waals surface area contributed by atoms with Gasteiger partial charge in [0.15, 0.2) is 5.75 Å². The Labute approximate surface area is 173 Å². The monoisotopic (exact) mass is 416 g/mol. The zero-order chi connectivity index (χ0) is 22.3. The molecule has 2 aromatic carbocycles. The fourth-order valence-electron chi connectivity index (χ4n) is 2.58. The third-order valence-electron chi connectivity index (χ3n) is 3.89. The first-order valence-corrected chi connectivity index (χ1v) is 9.21. The minimum Gasteiger partial charge on any atom is -0.482 e. The van der Waals surface area contributed by atoms with Crippen molar-refractivity contribution in [2.24, 2.45) is 0 Å². The third-order valence-corrected chi connectivity index (χ3v) is 3.89. The summed E-state index contributed by atoms with van der Waals surface area (Å²) in [4.78, 5) is 34.3. The molecule has 0 bridgehead atoms. The van der Waals surface area contributed by atoms with Crippen LogP contribution in [0.5, 0.6) is 5.75 Å². The first kappa shape index (κ1) is 22.7. The van der Waals surface area contributed by atoms with Crippen LogP contribution in [-0.2, 0) is 22.6 Å². The summed E-state index contributed by atoms with van der Waals surface area (Å²) in [5.74, 6) is -1.22. The maximum Gasteiger partial charge on any atom is 0.408 e. The number of rotatable bonds is 8. The number of carbonyl (C=O) groups is 2. The number of ether oxygens (including phenoxy) is 2. The van der Waals surface area contributed by atoms with Crippen molar-refractivity contribution in [2.45, 2.75) is 45.4 Å². The molecule has 0 aromatic heterocycles. The number of alkyl carbamates (subject to hydrolysis) is 1. The van der Waals surface area contributed by atoms with E-state index in [1.54, 1.807) is 20.8 Å². The van der Waals surface area contributed by atoms with Gasteiger partial charge >= 0.3 is 17.7 Å². The molecule has 0 saturated carbocycles. The van der Waals surface area contributed by atoms with Crippen LogP contribution in [-0.4, -0.2) is 33.7 Å². The molecule has 2 rings (SSSR count). The number of hydrogen-bond acceptors (Lipinski definition) is 6. The van der Waals surface area contributed by atoms with Gasteiger partial charge < -0.3 is 19.9 Å². The van der Waals surface area contributed by atoms with Crippen LogP contribution >= 0.6 is 0 Å². The number of carbonyl (C=O) groups excluding carboxylic acids is 1. The number of benzene rings is 2. The van der Waals surface area contributed by atoms with Crippen LogP contribution in [0, 0.1) is 10.1 Å². The van der Waals surface area contributed by atoms with Crippen LogP contribution in [0.2, 0.25) is 0 Å². The summed E-state index contributed by atoms with van der Waals surface area (Å²) in [5.41, 5.74) is 0.134. The molecule has 0 radical (unpaired) electrons. The number of nitrogens with zero attached hydrogens (tertiary/aromatic N) is 1. The predicted octanol–water partition coefficient (Wildman–Crippen LogP) is 3.69. The largest absolute Gasteiger partial charge is 0.482 e. The molecule has 0 spiro atoms. The lowest BCUT2D eigenvalue weighted by Crippen LogP contribution is -2.44. The maximum atomic E-state index is 11.9. The van der Waals surface area contributed by atoms with E-state index >= 15 is 0 Å². The quantitative estimate of drug-likeness (QED) is 0.496. The van der Waals surface area contributed by atoms with Crippen molar-refractivity contribution in [3.63, 3.8) is 0 Å². The smallest absolute Gasteiger partial charge is 0.408 e. The normalized spacial score (nSPS) is 12.0. The van der Waals surface area contributed by atoms with Crippen molar-refractivity contribution in [1.82, 2.24) is 5.32 Å². The molecule has 0 aliphatic heterocycles. The number of aliphatic carboxylic acids is 1. The minimum atomic E-state index is -1.31. The lowest BCUT2D eigenvalue weighted by Gasteiger charge is -2.22. The Bertz CT molecular complexity index is 907. The van der Waals surface area contributed by atoms with E-state index in [0.29, 0.717) is 5.56 Å². The fourth-order valence-corrected chi connectivity index (χ4v) is 2.58. The van der Waals surface area contributed by atoms with Gasteiger partial charge in [-0.15, -0.1) is 0 Å². The van der Waals surface area contributed by atoms with E-state index in [9.17, 15) is 24.8 Å². The summed E-state index contributed by atoms with van der Waals surface area (Å²) >= 11 is 0. The molecule has 0 heterocycles. The summed E-state index contributed by atoms with van der Waals surface area (Å²) in [6.45, 7) is 5.11. The van der Waals surface area contributed by atoms with Gasteiger partial charge in [0, 0.05) is 12.5 Å². The number of carboxylic acids is 1. The molecule has 9 heteroatoms. The second-order valence-corrected chi connectivity index (χ2v) is 7.57. The third kappa shape index (κ3) is 7.08. The molecule has 0 unspecified atom stereocenters. The van der Waals surface area contributed by atoms with Crippen molar-refractivity contribution in [2.75, 3.05) is 0 Å². The van der Waals surface area contributed by atoms with Crippen LogP contribution in [0.4, 0.5) is 10.5 Å². The topological polar surface area (TPSA) is 128 Å². The highest BCUT2D eigenvalue weighted by atomic mass is 16.6. The van der Waals surface area contributed by atoms with E-state index in [1.807, 2.05) is 30.3 Å². The van der Waals surface area contributed by atoms with Crippen LogP contribution < -0.4 is 10.1 Å². The predicted molar refractivity (Wildman–Crippen MR) is 108 cm³/mol. The number of carboxylic acid groups (broad SMARTS) is 1. The van der Waals surface area contributed by atoms with E-state index in [4.69, 9.17) is 9.47 Å². The zero-order valence-electron chi connectivity index (χ0n) is 17.0. The Morgan fingerprint density at radius 2 is 1.80 bits per heavy atom. The molecule has 30 heavy (non-hydrogen) atoms. The first-order valence-electron chi connectivity index (χ1n) is 9.21. The average molecular weight is 416 g/mol. The number of hydrogen-bond donors (Lipinski definition) is 2. The first-order chi connectivity index (χ1) is 14.0. The lowest BCUT2D eigenvalue weighted by molar-refractivity contribution is -0.386. The maximum absolute atomic E-state index is 11.9. The lowest BCUT2D eigenvalue weighted by atomic mass is 10.0. The summed E-state index contributed by atoms with van der Waals surface area (Å²) in [5, 5.41) is 23.1. The Kier molecular flexibility index (Phi) is 7.35. The summed E-state index contributed by atoms with van der Waals surface area (Å²) in [6.07, 6.45) is -1.04. The number of amides is 1. The van der Waals surface area contributed by atoms with Crippen molar-refractivity contribution in [1.29, 1.82) is 0 Å². The number of nitrogens with one attached hydrogen (secondary N) is 1. The van der Waals surface area contributed by atoms with Gasteiger partial charge in [-0.1, -0.05) is 36.4 Å². The molecule has 9 nitrogen and oxygen atoms in total. The molecular weight excluding hydrogens is 392 g/mol. The number of nitro benzene ring substituents is 1. The molecule has 2 aromatic rings. The highest BCUT2D eigenvalue weighted by molar-refractivity contribution is 5.80. The van der Waals surface area contributed by atoms with Gasteiger partial charge in [-0.05, 0) is 38.0 Å².